The molecule has 1 aliphatic rings. The third-order valence-corrected chi connectivity index (χ3v) is 5.02. The summed E-state index contributed by atoms with van der Waals surface area (Å²) in [5.74, 6) is 1.13. The Kier molecular flexibility index (Phi) is 4.15. The van der Waals surface area contributed by atoms with Gasteiger partial charge in [-0.2, -0.15) is 0 Å². The van der Waals surface area contributed by atoms with Crippen LogP contribution in [-0.2, 0) is 0 Å². The van der Waals surface area contributed by atoms with E-state index in [-0.39, 0.29) is 22.3 Å². The molecule has 0 fully saturated rings. The lowest BCUT2D eigenvalue weighted by molar-refractivity contribution is 0.266. The largest absolute Gasteiger partial charge is 0.494 e. The van der Waals surface area contributed by atoms with E-state index in [0.29, 0.717) is 6.61 Å². The predicted molar refractivity (Wildman–Crippen MR) is 83.9 cm³/mol. The molecule has 1 aliphatic heterocycles. The number of fused-ring (bicyclic) bond motifs is 1. The fourth-order valence-corrected chi connectivity index (χ4v) is 3.59. The van der Waals surface area contributed by atoms with Crippen LogP contribution in [-0.4, -0.2) is 13.7 Å². The summed E-state index contributed by atoms with van der Waals surface area (Å²) in [6.07, 6.45) is 0.903. The van der Waals surface area contributed by atoms with E-state index in [1.165, 1.54) is 18.7 Å². The van der Waals surface area contributed by atoms with E-state index in [1.807, 2.05) is 24.3 Å². The molecule has 21 heavy (non-hydrogen) atoms. The van der Waals surface area contributed by atoms with E-state index >= 15 is 0 Å². The molecular formula is C17H16BrFO2. The number of hydrogen-bond acceptors (Lipinski definition) is 2. The molecule has 2 unspecified atom stereocenters. The zero-order valence-corrected chi connectivity index (χ0v) is 13.3. The number of ether oxygens (including phenoxy) is 2. The molecule has 2 atom stereocenters. The number of rotatable bonds is 3. The van der Waals surface area contributed by atoms with Crippen LogP contribution in [0, 0.1) is 5.82 Å². The van der Waals surface area contributed by atoms with Gasteiger partial charge in [0.05, 0.1) is 13.7 Å². The molecule has 1 heterocycles. The Morgan fingerprint density at radius 3 is 2.86 bits per heavy atom. The maximum absolute atomic E-state index is 13.9. The average Bonchev–Trinajstić information content (AvgIpc) is 2.53. The van der Waals surface area contributed by atoms with Crippen LogP contribution >= 0.6 is 15.9 Å². The van der Waals surface area contributed by atoms with Gasteiger partial charge >= 0.3 is 0 Å². The number of hydrogen-bond donors (Lipinski definition) is 0. The summed E-state index contributed by atoms with van der Waals surface area (Å²) in [6, 6.07) is 13.1. The zero-order valence-electron chi connectivity index (χ0n) is 11.7. The summed E-state index contributed by atoms with van der Waals surface area (Å²) in [6.45, 7) is 0.683. The first kappa shape index (κ1) is 14.4. The fourth-order valence-electron chi connectivity index (χ4n) is 2.76. The van der Waals surface area contributed by atoms with E-state index in [2.05, 4.69) is 22.0 Å². The number of alkyl halides is 1. The second-order valence-corrected chi connectivity index (χ2v) is 6.06. The lowest BCUT2D eigenvalue weighted by atomic mass is 9.87. The van der Waals surface area contributed by atoms with Gasteiger partial charge in [0.25, 0.3) is 0 Å². The van der Waals surface area contributed by atoms with Crippen LogP contribution in [0.3, 0.4) is 0 Å². The van der Waals surface area contributed by atoms with Gasteiger partial charge in [0.15, 0.2) is 11.6 Å². The standard InChI is InChI=1S/C17H16BrFO2/c1-20-16-7-6-11(10-14(16)19)17(18)13-8-9-21-15-5-3-2-4-12(13)15/h2-7,10,13,17H,8-9H2,1H3. The van der Waals surface area contributed by atoms with E-state index in [1.54, 1.807) is 6.07 Å². The van der Waals surface area contributed by atoms with Gasteiger partial charge in [0.2, 0.25) is 0 Å². The van der Waals surface area contributed by atoms with Gasteiger partial charge in [0, 0.05) is 10.7 Å². The first-order valence-corrected chi connectivity index (χ1v) is 7.81. The summed E-state index contributed by atoms with van der Waals surface area (Å²) < 4.78 is 24.6. The van der Waals surface area contributed by atoms with Crippen LogP contribution in [0.4, 0.5) is 4.39 Å². The highest BCUT2D eigenvalue weighted by atomic mass is 79.9. The van der Waals surface area contributed by atoms with Crippen molar-refractivity contribution in [3.8, 4) is 11.5 Å². The van der Waals surface area contributed by atoms with Crippen LogP contribution < -0.4 is 9.47 Å². The highest BCUT2D eigenvalue weighted by molar-refractivity contribution is 9.09. The maximum atomic E-state index is 13.9. The Labute approximate surface area is 132 Å². The third kappa shape index (κ3) is 2.77. The van der Waals surface area contributed by atoms with Gasteiger partial charge in [-0.05, 0) is 35.7 Å². The van der Waals surface area contributed by atoms with Crippen molar-refractivity contribution in [2.45, 2.75) is 17.2 Å². The smallest absolute Gasteiger partial charge is 0.165 e. The molecule has 0 aliphatic carbocycles. The van der Waals surface area contributed by atoms with Crippen LogP contribution in [0.1, 0.15) is 28.3 Å². The molecule has 2 nitrogen and oxygen atoms in total. The minimum Gasteiger partial charge on any atom is -0.494 e. The second kappa shape index (κ2) is 6.06. The van der Waals surface area contributed by atoms with Crippen molar-refractivity contribution in [1.82, 2.24) is 0 Å². The Hall–Kier alpha value is -1.55. The van der Waals surface area contributed by atoms with Crippen LogP contribution in [0.5, 0.6) is 11.5 Å². The Morgan fingerprint density at radius 2 is 2.10 bits per heavy atom. The molecular weight excluding hydrogens is 335 g/mol. The Bertz CT molecular complexity index is 644. The predicted octanol–water partition coefficient (Wildman–Crippen LogP) is 4.84. The second-order valence-electron chi connectivity index (χ2n) is 5.08. The normalized spacial score (nSPS) is 18.5. The summed E-state index contributed by atoms with van der Waals surface area (Å²) in [7, 11) is 1.47. The van der Waals surface area contributed by atoms with Gasteiger partial charge in [-0.15, -0.1) is 0 Å². The maximum Gasteiger partial charge on any atom is 0.165 e. The molecule has 110 valence electrons. The van der Waals surface area contributed by atoms with Crippen molar-refractivity contribution in [1.29, 1.82) is 0 Å². The fraction of sp³-hybridized carbons (Fsp3) is 0.294. The van der Waals surface area contributed by atoms with Gasteiger partial charge in [0.1, 0.15) is 5.75 Å². The molecule has 2 aromatic rings. The topological polar surface area (TPSA) is 18.5 Å². The van der Waals surface area contributed by atoms with Gasteiger partial charge in [-0.1, -0.05) is 40.2 Å². The molecule has 0 bridgehead atoms. The summed E-state index contributed by atoms with van der Waals surface area (Å²) in [5, 5.41) is 0. The van der Waals surface area contributed by atoms with Crippen molar-refractivity contribution < 1.29 is 13.9 Å². The van der Waals surface area contributed by atoms with Crippen LogP contribution in [0.25, 0.3) is 0 Å². The van der Waals surface area contributed by atoms with Crippen molar-refractivity contribution in [2.75, 3.05) is 13.7 Å². The number of halogens is 2. The molecule has 0 saturated heterocycles. The molecule has 0 aromatic heterocycles. The lowest BCUT2D eigenvalue weighted by Gasteiger charge is -2.29. The molecule has 0 N–H and O–H groups in total. The highest BCUT2D eigenvalue weighted by Gasteiger charge is 2.28. The van der Waals surface area contributed by atoms with E-state index in [0.717, 1.165) is 17.7 Å². The lowest BCUT2D eigenvalue weighted by Crippen LogP contribution is -2.17. The SMILES string of the molecule is COc1ccc(C(Br)C2CCOc3ccccc32)cc1F. The minimum absolute atomic E-state index is 0.0444. The Balaban J connectivity index is 1.92. The van der Waals surface area contributed by atoms with E-state index in [4.69, 9.17) is 9.47 Å². The quantitative estimate of drug-likeness (QED) is 0.737. The molecule has 0 saturated carbocycles. The summed E-state index contributed by atoms with van der Waals surface area (Å²) in [4.78, 5) is 0.0444. The summed E-state index contributed by atoms with van der Waals surface area (Å²) in [5.41, 5.74) is 2.08. The third-order valence-electron chi connectivity index (χ3n) is 3.85. The zero-order chi connectivity index (χ0) is 14.8. The van der Waals surface area contributed by atoms with Crippen molar-refractivity contribution >= 4 is 15.9 Å². The van der Waals surface area contributed by atoms with Crippen LogP contribution in [0.2, 0.25) is 0 Å². The van der Waals surface area contributed by atoms with Crippen molar-refractivity contribution in [3.05, 3.63) is 59.4 Å². The molecule has 0 spiro atoms. The van der Waals surface area contributed by atoms with E-state index < -0.39 is 0 Å². The minimum atomic E-state index is -0.334. The molecule has 2 aromatic carbocycles. The van der Waals surface area contributed by atoms with Gasteiger partial charge in [-0.3, -0.25) is 0 Å². The average molecular weight is 351 g/mol. The summed E-state index contributed by atoms with van der Waals surface area (Å²) >= 11 is 3.74. The monoisotopic (exact) mass is 350 g/mol. The molecule has 3 rings (SSSR count). The van der Waals surface area contributed by atoms with Crippen molar-refractivity contribution in [3.63, 3.8) is 0 Å². The van der Waals surface area contributed by atoms with Gasteiger partial charge in [-0.25, -0.2) is 4.39 Å². The highest BCUT2D eigenvalue weighted by Crippen LogP contribution is 2.46. The number of benzene rings is 2. The first-order chi connectivity index (χ1) is 10.2. The first-order valence-electron chi connectivity index (χ1n) is 6.90. The van der Waals surface area contributed by atoms with E-state index in [9.17, 15) is 4.39 Å². The molecule has 0 amide bonds. The molecule has 0 radical (unpaired) electrons. The molecule has 4 heteroatoms. The van der Waals surface area contributed by atoms with Crippen LogP contribution in [0.15, 0.2) is 42.5 Å². The van der Waals surface area contributed by atoms with Crippen molar-refractivity contribution in [2.24, 2.45) is 0 Å². The number of methoxy groups -OCH3 is 1. The Morgan fingerprint density at radius 1 is 1.29 bits per heavy atom. The number of para-hydroxylation sites is 1. The van der Waals surface area contributed by atoms with Gasteiger partial charge < -0.3 is 9.47 Å².